The van der Waals surface area contributed by atoms with E-state index in [0.29, 0.717) is 12.2 Å². The molecule has 0 aromatic heterocycles. The molecule has 0 saturated heterocycles. The van der Waals surface area contributed by atoms with Crippen LogP contribution in [0.15, 0.2) is 18.2 Å². The van der Waals surface area contributed by atoms with Gasteiger partial charge < -0.3 is 5.73 Å². The lowest BCUT2D eigenvalue weighted by Gasteiger charge is -2.13. The van der Waals surface area contributed by atoms with Crippen LogP contribution >= 0.6 is 0 Å². The first-order chi connectivity index (χ1) is 9.38. The third kappa shape index (κ3) is 5.24. The van der Waals surface area contributed by atoms with E-state index in [-0.39, 0.29) is 11.7 Å². The van der Waals surface area contributed by atoms with Gasteiger partial charge in [0.15, 0.2) is 0 Å². The molecule has 0 radical (unpaired) electrons. The molecule has 110 valence electrons. The van der Waals surface area contributed by atoms with E-state index in [9.17, 15) is 8.42 Å². The first kappa shape index (κ1) is 16.5. The second-order valence-corrected chi connectivity index (χ2v) is 6.78. The monoisotopic (exact) mass is 294 g/mol. The number of anilines is 1. The topological polar surface area (TPSA) is 72.2 Å². The van der Waals surface area contributed by atoms with Crippen molar-refractivity contribution in [3.05, 3.63) is 29.3 Å². The number of benzene rings is 1. The number of nitrogens with one attached hydrogen (secondary N) is 1. The average molecular weight is 294 g/mol. The van der Waals surface area contributed by atoms with Crippen molar-refractivity contribution in [3.63, 3.8) is 0 Å². The van der Waals surface area contributed by atoms with Crippen molar-refractivity contribution in [3.8, 4) is 11.8 Å². The normalized spacial score (nSPS) is 11.1. The van der Waals surface area contributed by atoms with Crippen molar-refractivity contribution in [1.82, 2.24) is 0 Å². The van der Waals surface area contributed by atoms with Gasteiger partial charge in [0.1, 0.15) is 0 Å². The molecule has 1 aromatic carbocycles. The fraction of sp³-hybridized carbons (Fsp3) is 0.467. The molecular formula is C15H22N2O2S. The first-order valence-corrected chi connectivity index (χ1v) is 8.35. The second-order valence-electron chi connectivity index (χ2n) is 5.01. The fourth-order valence-electron chi connectivity index (χ4n) is 1.86. The summed E-state index contributed by atoms with van der Waals surface area (Å²) in [5.41, 5.74) is 7.75. The average Bonchev–Trinajstić information content (AvgIpc) is 2.35. The molecule has 0 heterocycles. The summed E-state index contributed by atoms with van der Waals surface area (Å²) in [7, 11) is -3.30. The van der Waals surface area contributed by atoms with Crippen LogP contribution in [0.3, 0.4) is 0 Å². The summed E-state index contributed by atoms with van der Waals surface area (Å²) < 4.78 is 26.6. The smallest absolute Gasteiger partial charge is 0.232 e. The van der Waals surface area contributed by atoms with Gasteiger partial charge in [-0.25, -0.2) is 8.42 Å². The van der Waals surface area contributed by atoms with E-state index in [4.69, 9.17) is 5.73 Å². The predicted octanol–water partition coefficient (Wildman–Crippen LogP) is 1.96. The van der Waals surface area contributed by atoms with Gasteiger partial charge in [0, 0.05) is 5.56 Å². The molecule has 4 nitrogen and oxygen atoms in total. The fourth-order valence-corrected chi connectivity index (χ4v) is 3.36. The summed E-state index contributed by atoms with van der Waals surface area (Å²) in [6.45, 7) is 6.05. The van der Waals surface area contributed by atoms with E-state index in [1.807, 2.05) is 26.8 Å². The molecule has 0 aliphatic heterocycles. The summed E-state index contributed by atoms with van der Waals surface area (Å²) in [6.07, 6.45) is 0.734. The van der Waals surface area contributed by atoms with Crippen LogP contribution in [-0.2, 0) is 16.4 Å². The number of sulfonamides is 1. The summed E-state index contributed by atoms with van der Waals surface area (Å²) >= 11 is 0. The molecule has 0 spiro atoms. The van der Waals surface area contributed by atoms with Crippen LogP contribution in [0.5, 0.6) is 0 Å². The van der Waals surface area contributed by atoms with Crippen LogP contribution in [0.2, 0.25) is 0 Å². The zero-order valence-electron chi connectivity index (χ0n) is 12.2. The Morgan fingerprint density at radius 3 is 2.60 bits per heavy atom. The van der Waals surface area contributed by atoms with Crippen LogP contribution in [-0.4, -0.2) is 20.7 Å². The Morgan fingerprint density at radius 1 is 1.35 bits per heavy atom. The highest BCUT2D eigenvalue weighted by molar-refractivity contribution is 7.92. The van der Waals surface area contributed by atoms with Crippen molar-refractivity contribution in [2.45, 2.75) is 27.2 Å². The third-order valence-electron chi connectivity index (χ3n) is 2.64. The molecule has 5 heteroatoms. The van der Waals surface area contributed by atoms with E-state index in [2.05, 4.69) is 16.6 Å². The lowest BCUT2D eigenvalue weighted by Crippen LogP contribution is -2.20. The van der Waals surface area contributed by atoms with Crippen LogP contribution in [0.25, 0.3) is 0 Å². The minimum atomic E-state index is -3.30. The van der Waals surface area contributed by atoms with E-state index in [0.717, 1.165) is 17.5 Å². The Morgan fingerprint density at radius 2 is 2.05 bits per heavy atom. The number of hydrogen-bond donors (Lipinski definition) is 2. The lowest BCUT2D eigenvalue weighted by molar-refractivity contribution is 0.587. The first-order valence-electron chi connectivity index (χ1n) is 6.70. The van der Waals surface area contributed by atoms with Crippen LogP contribution in [0.4, 0.5) is 5.69 Å². The van der Waals surface area contributed by atoms with Gasteiger partial charge in [-0.15, -0.1) is 0 Å². The number of rotatable bonds is 5. The predicted molar refractivity (Wildman–Crippen MR) is 84.0 cm³/mol. The van der Waals surface area contributed by atoms with Crippen LogP contribution < -0.4 is 10.5 Å². The maximum Gasteiger partial charge on any atom is 0.232 e. The van der Waals surface area contributed by atoms with Crippen LogP contribution in [0.1, 0.15) is 31.9 Å². The van der Waals surface area contributed by atoms with Crippen molar-refractivity contribution in [1.29, 1.82) is 0 Å². The Labute approximate surface area is 121 Å². The van der Waals surface area contributed by atoms with Gasteiger partial charge >= 0.3 is 0 Å². The number of aryl methyl sites for hydroxylation is 1. The Hall–Kier alpha value is -1.51. The molecule has 3 N–H and O–H groups in total. The minimum Gasteiger partial charge on any atom is -0.320 e. The highest BCUT2D eigenvalue weighted by Gasteiger charge is 2.14. The molecule has 0 unspecified atom stereocenters. The summed E-state index contributed by atoms with van der Waals surface area (Å²) in [5, 5.41) is 0. The zero-order chi connectivity index (χ0) is 15.2. The maximum absolute atomic E-state index is 12.0. The minimum absolute atomic E-state index is 0.0901. The Bertz CT molecular complexity index is 610. The van der Waals surface area contributed by atoms with E-state index in [1.54, 1.807) is 12.1 Å². The molecular weight excluding hydrogens is 272 g/mol. The summed E-state index contributed by atoms with van der Waals surface area (Å²) in [4.78, 5) is 0. The SMILES string of the molecule is CCc1cc(C#CCN)ccc1NS(=O)(=O)CC(C)C. The third-order valence-corrected chi connectivity index (χ3v) is 4.28. The second kappa shape index (κ2) is 7.32. The van der Waals surface area contributed by atoms with E-state index >= 15 is 0 Å². The highest BCUT2D eigenvalue weighted by atomic mass is 32.2. The van der Waals surface area contributed by atoms with Gasteiger partial charge in [-0.05, 0) is 36.1 Å². The van der Waals surface area contributed by atoms with Crippen molar-refractivity contribution < 1.29 is 8.42 Å². The van der Waals surface area contributed by atoms with Crippen molar-refractivity contribution in [2.24, 2.45) is 11.7 Å². The molecule has 1 rings (SSSR count). The molecule has 0 bridgehead atoms. The lowest BCUT2D eigenvalue weighted by atomic mass is 10.1. The number of nitrogens with two attached hydrogens (primary N) is 1. The molecule has 0 saturated carbocycles. The maximum atomic E-state index is 12.0. The summed E-state index contributed by atoms with van der Waals surface area (Å²) in [6, 6.07) is 5.46. The molecule has 20 heavy (non-hydrogen) atoms. The molecule has 0 amide bonds. The van der Waals surface area contributed by atoms with Gasteiger partial charge in [0.25, 0.3) is 0 Å². The molecule has 1 aromatic rings. The molecule has 0 aliphatic rings. The van der Waals surface area contributed by atoms with E-state index in [1.165, 1.54) is 0 Å². The van der Waals surface area contributed by atoms with Gasteiger partial charge in [-0.2, -0.15) is 0 Å². The van der Waals surface area contributed by atoms with Gasteiger partial charge in [0.2, 0.25) is 10.0 Å². The van der Waals surface area contributed by atoms with Crippen LogP contribution in [0, 0.1) is 17.8 Å². The zero-order valence-corrected chi connectivity index (χ0v) is 13.0. The standard InChI is InChI=1S/C15H22N2O2S/c1-4-14-10-13(6-5-9-16)7-8-15(14)17-20(18,19)11-12(2)3/h7-8,10,12,17H,4,9,11,16H2,1-3H3. The molecule has 0 fully saturated rings. The quantitative estimate of drug-likeness (QED) is 0.815. The Balaban J connectivity index is 3.02. The molecule has 0 aliphatic carbocycles. The number of hydrogen-bond acceptors (Lipinski definition) is 3. The largest absolute Gasteiger partial charge is 0.320 e. The molecule has 0 atom stereocenters. The Kier molecular flexibility index (Phi) is 6.05. The van der Waals surface area contributed by atoms with E-state index < -0.39 is 10.0 Å². The van der Waals surface area contributed by atoms with Gasteiger partial charge in [-0.3, -0.25) is 4.72 Å². The summed E-state index contributed by atoms with van der Waals surface area (Å²) in [5.74, 6) is 5.94. The highest BCUT2D eigenvalue weighted by Crippen LogP contribution is 2.20. The van der Waals surface area contributed by atoms with Gasteiger partial charge in [0.05, 0.1) is 18.0 Å². The van der Waals surface area contributed by atoms with Crippen molar-refractivity contribution in [2.75, 3.05) is 17.0 Å². The van der Waals surface area contributed by atoms with Gasteiger partial charge in [-0.1, -0.05) is 32.6 Å². The van der Waals surface area contributed by atoms with Crippen molar-refractivity contribution >= 4 is 15.7 Å².